The number of hydrogen-bond donors (Lipinski definition) is 2. The number of hydrogen-bond acceptors (Lipinski definition) is 4. The zero-order chi connectivity index (χ0) is 25.0. The van der Waals surface area contributed by atoms with Gasteiger partial charge in [-0.1, -0.05) is 36.4 Å². The average molecular weight is 481 g/mol. The van der Waals surface area contributed by atoms with Gasteiger partial charge in [-0.25, -0.2) is 17.5 Å². The highest BCUT2D eigenvalue weighted by Crippen LogP contribution is 2.30. The molecular formula is C27H29FN2O3S. The third-order valence-corrected chi connectivity index (χ3v) is 6.69. The molecule has 0 atom stereocenters. The molecule has 0 aliphatic rings. The number of amides is 1. The van der Waals surface area contributed by atoms with E-state index in [1.165, 1.54) is 18.2 Å². The van der Waals surface area contributed by atoms with E-state index in [1.54, 1.807) is 37.3 Å². The number of anilines is 1. The van der Waals surface area contributed by atoms with Crippen LogP contribution in [0.15, 0.2) is 71.1 Å². The van der Waals surface area contributed by atoms with E-state index in [1.807, 2.05) is 45.9 Å². The molecule has 7 heteroatoms. The van der Waals surface area contributed by atoms with Crippen molar-refractivity contribution in [3.63, 3.8) is 0 Å². The van der Waals surface area contributed by atoms with Crippen molar-refractivity contribution >= 4 is 27.7 Å². The van der Waals surface area contributed by atoms with Crippen LogP contribution in [0.25, 0.3) is 17.2 Å². The Morgan fingerprint density at radius 3 is 2.26 bits per heavy atom. The largest absolute Gasteiger partial charge is 0.381 e. The number of carbonyl (C=O) groups is 1. The number of aryl methyl sites for hydroxylation is 2. The van der Waals surface area contributed by atoms with E-state index in [2.05, 4.69) is 10.0 Å². The Labute approximate surface area is 200 Å². The van der Waals surface area contributed by atoms with Gasteiger partial charge in [-0.2, -0.15) is 0 Å². The summed E-state index contributed by atoms with van der Waals surface area (Å²) in [5, 5.41) is 3.08. The standard InChI is InChI=1S/C27H29FN2O3S/c1-17(2)29-26-12-11-21(16-25(26)28)24-15-18(3)22(13-19(24)4)14-20(5)27(31)30-34(32,33)23-9-7-6-8-10-23/h6-17,29H,1-5H3,(H,30,31). The van der Waals surface area contributed by atoms with Crippen LogP contribution in [0.2, 0.25) is 0 Å². The van der Waals surface area contributed by atoms with E-state index in [-0.39, 0.29) is 22.3 Å². The maximum absolute atomic E-state index is 14.6. The molecular weight excluding hydrogens is 451 g/mol. The third-order valence-electron chi connectivity index (χ3n) is 5.35. The zero-order valence-corrected chi connectivity index (χ0v) is 20.8. The van der Waals surface area contributed by atoms with Crippen molar-refractivity contribution in [2.24, 2.45) is 0 Å². The predicted molar refractivity (Wildman–Crippen MR) is 135 cm³/mol. The second-order valence-electron chi connectivity index (χ2n) is 8.59. The molecule has 3 aromatic rings. The summed E-state index contributed by atoms with van der Waals surface area (Å²) in [5.41, 5.74) is 4.92. The van der Waals surface area contributed by atoms with E-state index in [9.17, 15) is 17.6 Å². The summed E-state index contributed by atoms with van der Waals surface area (Å²) in [5.74, 6) is -1.01. The molecule has 5 nitrogen and oxygen atoms in total. The molecule has 0 unspecified atom stereocenters. The zero-order valence-electron chi connectivity index (χ0n) is 19.9. The van der Waals surface area contributed by atoms with Gasteiger partial charge in [-0.05, 0) is 92.8 Å². The summed E-state index contributed by atoms with van der Waals surface area (Å²) in [6.07, 6.45) is 1.65. The molecule has 0 saturated carbocycles. The quantitative estimate of drug-likeness (QED) is 0.417. The van der Waals surface area contributed by atoms with E-state index >= 15 is 0 Å². The Morgan fingerprint density at radius 2 is 1.65 bits per heavy atom. The van der Waals surface area contributed by atoms with Crippen LogP contribution in [0, 0.1) is 19.7 Å². The van der Waals surface area contributed by atoms with Crippen molar-refractivity contribution in [2.75, 3.05) is 5.32 Å². The molecule has 178 valence electrons. The van der Waals surface area contributed by atoms with Gasteiger partial charge in [0.25, 0.3) is 15.9 Å². The fourth-order valence-corrected chi connectivity index (χ4v) is 4.61. The Morgan fingerprint density at radius 1 is 0.971 bits per heavy atom. The monoisotopic (exact) mass is 480 g/mol. The second kappa shape index (κ2) is 10.2. The molecule has 0 saturated heterocycles. The summed E-state index contributed by atoms with van der Waals surface area (Å²) >= 11 is 0. The summed E-state index contributed by atoms with van der Waals surface area (Å²) in [4.78, 5) is 12.6. The van der Waals surface area contributed by atoms with Crippen LogP contribution in [-0.4, -0.2) is 20.4 Å². The van der Waals surface area contributed by atoms with Gasteiger partial charge in [0.2, 0.25) is 0 Å². The maximum atomic E-state index is 14.6. The Bertz CT molecular complexity index is 1350. The molecule has 0 bridgehead atoms. The van der Waals surface area contributed by atoms with Crippen LogP contribution in [0.3, 0.4) is 0 Å². The van der Waals surface area contributed by atoms with Crippen LogP contribution >= 0.6 is 0 Å². The van der Waals surface area contributed by atoms with Crippen molar-refractivity contribution in [2.45, 2.75) is 45.6 Å². The molecule has 3 aromatic carbocycles. The smallest absolute Gasteiger partial charge is 0.264 e. The number of benzene rings is 3. The van der Waals surface area contributed by atoms with Crippen molar-refractivity contribution < 1.29 is 17.6 Å². The van der Waals surface area contributed by atoms with E-state index in [0.29, 0.717) is 5.69 Å². The summed E-state index contributed by atoms with van der Waals surface area (Å²) in [6, 6.07) is 16.8. The highest BCUT2D eigenvalue weighted by Gasteiger charge is 2.18. The molecule has 0 heterocycles. The number of nitrogens with one attached hydrogen (secondary N) is 2. The minimum absolute atomic E-state index is 0.0226. The first-order chi connectivity index (χ1) is 16.0. The van der Waals surface area contributed by atoms with Gasteiger partial charge in [-0.15, -0.1) is 0 Å². The van der Waals surface area contributed by atoms with Crippen LogP contribution in [0.1, 0.15) is 37.5 Å². The topological polar surface area (TPSA) is 75.3 Å². The molecule has 0 aliphatic heterocycles. The summed E-state index contributed by atoms with van der Waals surface area (Å²) in [6.45, 7) is 9.28. The predicted octanol–water partition coefficient (Wildman–Crippen LogP) is 5.84. The van der Waals surface area contributed by atoms with Gasteiger partial charge >= 0.3 is 0 Å². The molecule has 3 rings (SSSR count). The number of sulfonamides is 1. The van der Waals surface area contributed by atoms with Gasteiger partial charge < -0.3 is 5.32 Å². The third kappa shape index (κ3) is 5.91. The minimum Gasteiger partial charge on any atom is -0.381 e. The molecule has 0 spiro atoms. The van der Waals surface area contributed by atoms with Gasteiger partial charge in [0.15, 0.2) is 0 Å². The van der Waals surface area contributed by atoms with Gasteiger partial charge in [0, 0.05) is 11.6 Å². The van der Waals surface area contributed by atoms with Crippen molar-refractivity contribution in [1.82, 2.24) is 4.72 Å². The fraction of sp³-hybridized carbons (Fsp3) is 0.222. The lowest BCUT2D eigenvalue weighted by atomic mass is 9.94. The number of halogens is 1. The lowest BCUT2D eigenvalue weighted by molar-refractivity contribution is -0.115. The Balaban J connectivity index is 1.86. The molecule has 2 N–H and O–H groups in total. The van der Waals surface area contributed by atoms with E-state index in [4.69, 9.17) is 0 Å². The van der Waals surface area contributed by atoms with Gasteiger partial charge in [0.1, 0.15) is 5.82 Å². The lowest BCUT2D eigenvalue weighted by Crippen LogP contribution is -2.31. The van der Waals surface area contributed by atoms with Crippen LogP contribution in [-0.2, 0) is 14.8 Å². The maximum Gasteiger partial charge on any atom is 0.264 e. The van der Waals surface area contributed by atoms with Crippen molar-refractivity contribution in [1.29, 1.82) is 0 Å². The highest BCUT2D eigenvalue weighted by molar-refractivity contribution is 7.90. The first kappa shape index (κ1) is 25.2. The molecule has 34 heavy (non-hydrogen) atoms. The van der Waals surface area contributed by atoms with Crippen LogP contribution in [0.5, 0.6) is 0 Å². The molecule has 0 radical (unpaired) electrons. The van der Waals surface area contributed by atoms with E-state index in [0.717, 1.165) is 27.8 Å². The van der Waals surface area contributed by atoms with Crippen LogP contribution < -0.4 is 10.0 Å². The van der Waals surface area contributed by atoms with Gasteiger partial charge in [0.05, 0.1) is 10.6 Å². The fourth-order valence-electron chi connectivity index (χ4n) is 3.58. The first-order valence-electron chi connectivity index (χ1n) is 11.0. The molecule has 0 aromatic heterocycles. The Hall–Kier alpha value is -3.45. The minimum atomic E-state index is -3.95. The summed E-state index contributed by atoms with van der Waals surface area (Å²) in [7, 11) is -3.95. The first-order valence-corrected chi connectivity index (χ1v) is 12.4. The SMILES string of the molecule is CC(=Cc1cc(C)c(-c2ccc(NC(C)C)c(F)c2)cc1C)C(=O)NS(=O)(=O)c1ccccc1. The number of carbonyl (C=O) groups excluding carboxylic acids is 1. The second-order valence-corrected chi connectivity index (χ2v) is 10.3. The lowest BCUT2D eigenvalue weighted by Gasteiger charge is -2.14. The van der Waals surface area contributed by atoms with Gasteiger partial charge in [-0.3, -0.25) is 4.79 Å². The van der Waals surface area contributed by atoms with Crippen molar-refractivity contribution in [3.8, 4) is 11.1 Å². The average Bonchev–Trinajstić information content (AvgIpc) is 2.77. The van der Waals surface area contributed by atoms with E-state index < -0.39 is 15.9 Å². The highest BCUT2D eigenvalue weighted by atomic mass is 32.2. The molecule has 0 aliphatic carbocycles. The number of rotatable bonds is 7. The molecule has 1 amide bonds. The normalized spacial score (nSPS) is 12.0. The molecule has 0 fully saturated rings. The van der Waals surface area contributed by atoms with Crippen LogP contribution in [0.4, 0.5) is 10.1 Å². The summed E-state index contributed by atoms with van der Waals surface area (Å²) < 4.78 is 41.5. The Kier molecular flexibility index (Phi) is 7.57. The van der Waals surface area contributed by atoms with Crippen molar-refractivity contribution in [3.05, 3.63) is 88.7 Å².